The van der Waals surface area contributed by atoms with Gasteiger partial charge in [0.15, 0.2) is 0 Å². The van der Waals surface area contributed by atoms with Crippen LogP contribution in [-0.4, -0.2) is 30.6 Å². The maximum atomic E-state index is 11.5. The molecule has 0 radical (unpaired) electrons. The van der Waals surface area contributed by atoms with Crippen molar-refractivity contribution in [3.05, 3.63) is 10.4 Å². The monoisotopic (exact) mass is 195 g/mol. The van der Waals surface area contributed by atoms with Crippen LogP contribution in [0, 0.1) is 0 Å². The summed E-state index contributed by atoms with van der Waals surface area (Å²) in [7, 11) is 0. The van der Waals surface area contributed by atoms with Gasteiger partial charge in [-0.2, -0.15) is 0 Å². The molecule has 1 aliphatic carbocycles. The molecule has 76 valence electrons. The van der Waals surface area contributed by atoms with Gasteiger partial charge >= 0.3 is 0 Å². The van der Waals surface area contributed by atoms with Crippen LogP contribution in [0.3, 0.4) is 0 Å². The zero-order valence-corrected chi connectivity index (χ0v) is 7.81. The molecule has 14 heavy (non-hydrogen) atoms. The highest BCUT2D eigenvalue weighted by Crippen LogP contribution is 2.19. The summed E-state index contributed by atoms with van der Waals surface area (Å²) in [6, 6.07) is 0.142. The first-order chi connectivity index (χ1) is 6.79. The molecule has 2 atom stereocenters. The molecular weight excluding hydrogens is 182 g/mol. The second-order valence-electron chi connectivity index (χ2n) is 3.84. The van der Waals surface area contributed by atoms with Gasteiger partial charge in [-0.05, 0) is 24.8 Å². The van der Waals surface area contributed by atoms with Crippen molar-refractivity contribution in [2.45, 2.75) is 37.4 Å². The molecule has 6 heteroatoms. The minimum absolute atomic E-state index is 0.0446. The van der Waals surface area contributed by atoms with Crippen molar-refractivity contribution < 1.29 is 4.79 Å². The van der Waals surface area contributed by atoms with Crippen molar-refractivity contribution in [1.29, 1.82) is 0 Å². The van der Waals surface area contributed by atoms with E-state index in [2.05, 4.69) is 20.7 Å². The first kappa shape index (κ1) is 9.30. The lowest BCUT2D eigenvalue weighted by Crippen LogP contribution is -2.41. The molecule has 1 aliphatic heterocycles. The Hall–Kier alpha value is -1.26. The van der Waals surface area contributed by atoms with Gasteiger partial charge in [0.1, 0.15) is 0 Å². The van der Waals surface area contributed by atoms with E-state index in [-0.39, 0.29) is 18.0 Å². The molecule has 2 N–H and O–H groups in total. The standard InChI is InChI=1S/C8H13N5O/c9-13-12-6-3-7(10-4-6)8(14)11-5-1-2-5/h5-7,10H,1-4H2,(H,11,14)/t6-,7-/m0/s1. The predicted molar refractivity (Wildman–Crippen MR) is 50.5 cm³/mol. The summed E-state index contributed by atoms with van der Waals surface area (Å²) in [6.07, 6.45) is 2.80. The minimum atomic E-state index is -0.175. The van der Waals surface area contributed by atoms with Crippen molar-refractivity contribution in [1.82, 2.24) is 10.6 Å². The van der Waals surface area contributed by atoms with Crippen LogP contribution >= 0.6 is 0 Å². The average molecular weight is 195 g/mol. The van der Waals surface area contributed by atoms with Gasteiger partial charge < -0.3 is 10.6 Å². The fraction of sp³-hybridized carbons (Fsp3) is 0.875. The molecule has 0 aromatic carbocycles. The number of nitrogens with one attached hydrogen (secondary N) is 2. The quantitative estimate of drug-likeness (QED) is 0.385. The third-order valence-corrected chi connectivity index (χ3v) is 2.56. The number of hydrogen-bond acceptors (Lipinski definition) is 3. The third-order valence-electron chi connectivity index (χ3n) is 2.56. The van der Waals surface area contributed by atoms with Crippen molar-refractivity contribution in [3.63, 3.8) is 0 Å². The number of rotatable bonds is 3. The van der Waals surface area contributed by atoms with Gasteiger partial charge in [0.05, 0.1) is 12.1 Å². The van der Waals surface area contributed by atoms with E-state index in [9.17, 15) is 4.79 Å². The molecule has 0 aromatic rings. The number of azide groups is 1. The van der Waals surface area contributed by atoms with Gasteiger partial charge in [-0.25, -0.2) is 0 Å². The molecule has 1 heterocycles. The van der Waals surface area contributed by atoms with E-state index in [0.717, 1.165) is 12.8 Å². The summed E-state index contributed by atoms with van der Waals surface area (Å²) in [5, 5.41) is 9.56. The van der Waals surface area contributed by atoms with Crippen LogP contribution in [0.25, 0.3) is 10.4 Å². The van der Waals surface area contributed by atoms with Crippen molar-refractivity contribution in [2.24, 2.45) is 5.11 Å². The summed E-state index contributed by atoms with van der Waals surface area (Å²) < 4.78 is 0. The number of amides is 1. The molecular formula is C8H13N5O. The Morgan fingerprint density at radius 3 is 3.00 bits per heavy atom. The second kappa shape index (κ2) is 3.86. The van der Waals surface area contributed by atoms with Crippen molar-refractivity contribution in [3.8, 4) is 0 Å². The van der Waals surface area contributed by atoms with E-state index in [0.29, 0.717) is 19.0 Å². The number of hydrogen-bond donors (Lipinski definition) is 2. The highest BCUT2D eigenvalue weighted by atomic mass is 16.2. The van der Waals surface area contributed by atoms with Crippen molar-refractivity contribution in [2.75, 3.05) is 6.54 Å². The third kappa shape index (κ3) is 2.16. The van der Waals surface area contributed by atoms with Crippen molar-refractivity contribution >= 4 is 5.91 Å². The molecule has 1 amide bonds. The van der Waals surface area contributed by atoms with Gasteiger partial charge in [-0.3, -0.25) is 4.79 Å². The molecule has 0 aromatic heterocycles. The molecule has 2 fully saturated rings. The predicted octanol–water partition coefficient (Wildman–Crippen LogP) is 0.306. The largest absolute Gasteiger partial charge is 0.352 e. The van der Waals surface area contributed by atoms with E-state index >= 15 is 0 Å². The molecule has 2 rings (SSSR count). The zero-order valence-electron chi connectivity index (χ0n) is 7.81. The Labute approximate surface area is 81.7 Å². The Morgan fingerprint density at radius 1 is 1.57 bits per heavy atom. The van der Waals surface area contributed by atoms with Gasteiger partial charge in [0.2, 0.25) is 5.91 Å². The summed E-state index contributed by atoms with van der Waals surface area (Å²) in [5.41, 5.74) is 8.24. The molecule has 0 spiro atoms. The highest BCUT2D eigenvalue weighted by Gasteiger charge is 2.32. The van der Waals surface area contributed by atoms with Crippen LogP contribution in [0.15, 0.2) is 5.11 Å². The number of carbonyl (C=O) groups excluding carboxylic acids is 1. The minimum Gasteiger partial charge on any atom is -0.352 e. The van der Waals surface area contributed by atoms with Crippen LogP contribution in [0.2, 0.25) is 0 Å². The molecule has 0 bridgehead atoms. The topological polar surface area (TPSA) is 89.9 Å². The van der Waals surface area contributed by atoms with Crippen LogP contribution in [-0.2, 0) is 4.79 Å². The Morgan fingerprint density at radius 2 is 2.36 bits per heavy atom. The summed E-state index contributed by atoms with van der Waals surface area (Å²) in [6.45, 7) is 0.604. The molecule has 1 saturated heterocycles. The fourth-order valence-corrected chi connectivity index (χ4v) is 1.61. The highest BCUT2D eigenvalue weighted by molar-refractivity contribution is 5.82. The lowest BCUT2D eigenvalue weighted by molar-refractivity contribution is -0.122. The van der Waals surface area contributed by atoms with Crippen LogP contribution < -0.4 is 10.6 Å². The Balaban J connectivity index is 1.81. The second-order valence-corrected chi connectivity index (χ2v) is 3.84. The Bertz CT molecular complexity index is 281. The van der Waals surface area contributed by atoms with Crippen LogP contribution in [0.5, 0.6) is 0 Å². The summed E-state index contributed by atoms with van der Waals surface area (Å²) in [4.78, 5) is 14.3. The maximum absolute atomic E-state index is 11.5. The zero-order chi connectivity index (χ0) is 9.97. The average Bonchev–Trinajstić information content (AvgIpc) is 2.83. The number of carbonyl (C=O) groups is 1. The summed E-state index contributed by atoms with van der Waals surface area (Å²) in [5.74, 6) is 0.0446. The van der Waals surface area contributed by atoms with E-state index in [4.69, 9.17) is 5.53 Å². The maximum Gasteiger partial charge on any atom is 0.237 e. The Kier molecular flexibility index (Phi) is 2.56. The van der Waals surface area contributed by atoms with E-state index in [1.807, 2.05) is 0 Å². The smallest absolute Gasteiger partial charge is 0.237 e. The van der Waals surface area contributed by atoms with Gasteiger partial charge in [0.25, 0.3) is 0 Å². The first-order valence-corrected chi connectivity index (χ1v) is 4.87. The molecule has 2 aliphatic rings. The SMILES string of the molecule is [N-]=[N+]=N[C@@H]1CN[C@H](C(=O)NC2CC2)C1. The molecule has 1 saturated carbocycles. The van der Waals surface area contributed by atoms with Crippen LogP contribution in [0.1, 0.15) is 19.3 Å². The fourth-order valence-electron chi connectivity index (χ4n) is 1.61. The van der Waals surface area contributed by atoms with E-state index < -0.39 is 0 Å². The van der Waals surface area contributed by atoms with Gasteiger partial charge in [-0.15, -0.1) is 0 Å². The lowest BCUT2D eigenvalue weighted by Gasteiger charge is -2.09. The van der Waals surface area contributed by atoms with Crippen LogP contribution in [0.4, 0.5) is 0 Å². The molecule has 6 nitrogen and oxygen atoms in total. The number of nitrogens with zero attached hydrogens (tertiary/aromatic N) is 3. The van der Waals surface area contributed by atoms with Gasteiger partial charge in [-0.1, -0.05) is 5.11 Å². The summed E-state index contributed by atoms with van der Waals surface area (Å²) >= 11 is 0. The first-order valence-electron chi connectivity index (χ1n) is 4.87. The molecule has 0 unspecified atom stereocenters. The van der Waals surface area contributed by atoms with E-state index in [1.54, 1.807) is 0 Å². The lowest BCUT2D eigenvalue weighted by atomic mass is 10.2. The normalized spacial score (nSPS) is 30.9. The van der Waals surface area contributed by atoms with Gasteiger partial charge in [0, 0.05) is 17.5 Å². The van der Waals surface area contributed by atoms with E-state index in [1.165, 1.54) is 0 Å².